The van der Waals surface area contributed by atoms with Gasteiger partial charge in [-0.1, -0.05) is 13.3 Å². The van der Waals surface area contributed by atoms with E-state index >= 15 is 0 Å². The molecule has 0 radical (unpaired) electrons. The summed E-state index contributed by atoms with van der Waals surface area (Å²) >= 11 is 4.09. The predicted octanol–water partition coefficient (Wildman–Crippen LogP) is 1.34. The minimum atomic E-state index is 0.701. The van der Waals surface area contributed by atoms with Gasteiger partial charge in [0.05, 0.1) is 19.8 Å². The molecular weight excluding hydrogens is 198 g/mol. The van der Waals surface area contributed by atoms with Crippen LogP contribution in [-0.4, -0.2) is 45.3 Å². The van der Waals surface area contributed by atoms with E-state index in [1.807, 2.05) is 0 Å². The standard InChI is InChI=1S/C10H23NO2S/c1-2-3-6-12-8-9-13-7-4-11-5-10-14/h11,14H,2-10H2,1H3. The fourth-order valence-corrected chi connectivity index (χ4v) is 1.07. The summed E-state index contributed by atoms with van der Waals surface area (Å²) in [5.41, 5.74) is 0. The van der Waals surface area contributed by atoms with Gasteiger partial charge in [0.25, 0.3) is 0 Å². The quantitative estimate of drug-likeness (QED) is 0.408. The summed E-state index contributed by atoms with van der Waals surface area (Å²) < 4.78 is 10.7. The van der Waals surface area contributed by atoms with Crippen LogP contribution in [0.1, 0.15) is 19.8 Å². The van der Waals surface area contributed by atoms with E-state index in [1.54, 1.807) is 0 Å². The van der Waals surface area contributed by atoms with Crippen molar-refractivity contribution in [3.8, 4) is 0 Å². The minimum Gasteiger partial charge on any atom is -0.379 e. The van der Waals surface area contributed by atoms with Crippen molar-refractivity contribution in [3.63, 3.8) is 0 Å². The van der Waals surface area contributed by atoms with Gasteiger partial charge >= 0.3 is 0 Å². The van der Waals surface area contributed by atoms with Crippen molar-refractivity contribution in [1.82, 2.24) is 5.32 Å². The molecule has 0 unspecified atom stereocenters. The summed E-state index contributed by atoms with van der Waals surface area (Å²) in [6, 6.07) is 0. The van der Waals surface area contributed by atoms with Crippen LogP contribution in [0.2, 0.25) is 0 Å². The summed E-state index contributed by atoms with van der Waals surface area (Å²) in [6.07, 6.45) is 2.33. The third-order valence-corrected chi connectivity index (χ3v) is 1.95. The molecule has 0 aromatic carbocycles. The summed E-state index contributed by atoms with van der Waals surface area (Å²) in [5.74, 6) is 0.875. The van der Waals surface area contributed by atoms with Gasteiger partial charge in [0, 0.05) is 25.4 Å². The van der Waals surface area contributed by atoms with Crippen LogP contribution in [0, 0.1) is 0 Å². The fraction of sp³-hybridized carbons (Fsp3) is 1.00. The molecule has 0 aromatic heterocycles. The van der Waals surface area contributed by atoms with Gasteiger partial charge in [-0.3, -0.25) is 0 Å². The SMILES string of the molecule is CCCCOCCOCCNCCS. The van der Waals surface area contributed by atoms with Gasteiger partial charge in [-0.2, -0.15) is 12.6 Å². The van der Waals surface area contributed by atoms with Gasteiger partial charge in [-0.05, 0) is 6.42 Å². The first-order chi connectivity index (χ1) is 6.91. The van der Waals surface area contributed by atoms with E-state index in [0.717, 1.165) is 38.5 Å². The Bertz CT molecular complexity index is 92.1. The molecule has 0 aliphatic carbocycles. The summed E-state index contributed by atoms with van der Waals surface area (Å²) in [6.45, 7) is 7.03. The Morgan fingerprint density at radius 1 is 1.00 bits per heavy atom. The van der Waals surface area contributed by atoms with Crippen LogP contribution < -0.4 is 5.32 Å². The number of rotatable bonds is 11. The average molecular weight is 221 g/mol. The molecule has 0 rings (SSSR count). The van der Waals surface area contributed by atoms with E-state index in [2.05, 4.69) is 24.9 Å². The first kappa shape index (κ1) is 14.2. The highest BCUT2D eigenvalue weighted by molar-refractivity contribution is 7.80. The molecule has 86 valence electrons. The van der Waals surface area contributed by atoms with Gasteiger partial charge in [0.1, 0.15) is 0 Å². The molecule has 0 atom stereocenters. The van der Waals surface area contributed by atoms with Crippen LogP contribution in [0.3, 0.4) is 0 Å². The maximum absolute atomic E-state index is 5.35. The highest BCUT2D eigenvalue weighted by Gasteiger charge is 1.89. The monoisotopic (exact) mass is 221 g/mol. The van der Waals surface area contributed by atoms with Crippen LogP contribution in [0.25, 0.3) is 0 Å². The minimum absolute atomic E-state index is 0.701. The van der Waals surface area contributed by atoms with Gasteiger partial charge in [-0.15, -0.1) is 0 Å². The smallest absolute Gasteiger partial charge is 0.0701 e. The lowest BCUT2D eigenvalue weighted by Gasteiger charge is -2.05. The molecule has 0 saturated heterocycles. The van der Waals surface area contributed by atoms with Crippen molar-refractivity contribution in [1.29, 1.82) is 0 Å². The number of nitrogens with one attached hydrogen (secondary N) is 1. The van der Waals surface area contributed by atoms with Crippen molar-refractivity contribution in [2.75, 3.05) is 45.3 Å². The molecule has 0 aromatic rings. The summed E-state index contributed by atoms with van der Waals surface area (Å²) in [5, 5.41) is 3.20. The molecule has 4 heteroatoms. The first-order valence-corrected chi connectivity index (χ1v) is 6.02. The second-order valence-electron chi connectivity index (χ2n) is 3.05. The Balaban J connectivity index is 2.78. The first-order valence-electron chi connectivity index (χ1n) is 5.39. The number of ether oxygens (including phenoxy) is 2. The van der Waals surface area contributed by atoms with E-state index < -0.39 is 0 Å². The topological polar surface area (TPSA) is 30.5 Å². The molecule has 14 heavy (non-hydrogen) atoms. The summed E-state index contributed by atoms with van der Waals surface area (Å²) in [4.78, 5) is 0. The molecule has 1 N–H and O–H groups in total. The largest absolute Gasteiger partial charge is 0.379 e. The third-order valence-electron chi connectivity index (χ3n) is 1.73. The molecule has 0 heterocycles. The van der Waals surface area contributed by atoms with Crippen molar-refractivity contribution in [3.05, 3.63) is 0 Å². The van der Waals surface area contributed by atoms with Crippen LogP contribution in [0.5, 0.6) is 0 Å². The van der Waals surface area contributed by atoms with E-state index in [1.165, 1.54) is 6.42 Å². The molecule has 0 aliphatic rings. The molecule has 0 aliphatic heterocycles. The molecule has 0 bridgehead atoms. The van der Waals surface area contributed by atoms with Crippen LogP contribution in [-0.2, 0) is 9.47 Å². The lowest BCUT2D eigenvalue weighted by molar-refractivity contribution is 0.0479. The lowest BCUT2D eigenvalue weighted by atomic mass is 10.4. The molecular formula is C10H23NO2S. The average Bonchev–Trinajstić information content (AvgIpc) is 2.21. The Labute approximate surface area is 93.0 Å². The highest BCUT2D eigenvalue weighted by Crippen LogP contribution is 1.87. The lowest BCUT2D eigenvalue weighted by Crippen LogP contribution is -2.22. The zero-order chi connectivity index (χ0) is 10.5. The molecule has 0 saturated carbocycles. The van der Waals surface area contributed by atoms with Crippen LogP contribution in [0.4, 0.5) is 0 Å². The molecule has 0 amide bonds. The zero-order valence-corrected chi connectivity index (χ0v) is 10.0. The maximum atomic E-state index is 5.35. The predicted molar refractivity (Wildman–Crippen MR) is 63.3 cm³/mol. The normalized spacial score (nSPS) is 10.7. The molecule has 3 nitrogen and oxygen atoms in total. The van der Waals surface area contributed by atoms with Crippen molar-refractivity contribution < 1.29 is 9.47 Å². The van der Waals surface area contributed by atoms with E-state index in [0.29, 0.717) is 13.2 Å². The number of hydrogen-bond donors (Lipinski definition) is 2. The van der Waals surface area contributed by atoms with Gasteiger partial charge in [0.2, 0.25) is 0 Å². The van der Waals surface area contributed by atoms with Crippen LogP contribution in [0.15, 0.2) is 0 Å². The summed E-state index contributed by atoms with van der Waals surface area (Å²) in [7, 11) is 0. The fourth-order valence-electron chi connectivity index (χ4n) is 0.917. The Kier molecular flexibility index (Phi) is 13.4. The van der Waals surface area contributed by atoms with E-state index in [-0.39, 0.29) is 0 Å². The Morgan fingerprint density at radius 3 is 2.36 bits per heavy atom. The Morgan fingerprint density at radius 2 is 1.71 bits per heavy atom. The number of unbranched alkanes of at least 4 members (excludes halogenated alkanes) is 1. The number of thiol groups is 1. The third kappa shape index (κ3) is 12.2. The van der Waals surface area contributed by atoms with Crippen molar-refractivity contribution in [2.24, 2.45) is 0 Å². The number of hydrogen-bond acceptors (Lipinski definition) is 4. The molecule has 0 fully saturated rings. The Hall–Kier alpha value is 0.230. The van der Waals surface area contributed by atoms with Gasteiger partial charge < -0.3 is 14.8 Å². The molecule has 0 spiro atoms. The van der Waals surface area contributed by atoms with Gasteiger partial charge in [0.15, 0.2) is 0 Å². The van der Waals surface area contributed by atoms with E-state index in [9.17, 15) is 0 Å². The highest BCUT2D eigenvalue weighted by atomic mass is 32.1. The second kappa shape index (κ2) is 13.2. The zero-order valence-electron chi connectivity index (χ0n) is 9.13. The van der Waals surface area contributed by atoms with E-state index in [4.69, 9.17) is 9.47 Å². The van der Waals surface area contributed by atoms with Crippen molar-refractivity contribution >= 4 is 12.6 Å². The van der Waals surface area contributed by atoms with Crippen LogP contribution >= 0.6 is 12.6 Å². The second-order valence-corrected chi connectivity index (χ2v) is 3.50. The van der Waals surface area contributed by atoms with Crippen molar-refractivity contribution in [2.45, 2.75) is 19.8 Å². The maximum Gasteiger partial charge on any atom is 0.0701 e. The van der Waals surface area contributed by atoms with Gasteiger partial charge in [-0.25, -0.2) is 0 Å².